The number of hydrogen-bond acceptors (Lipinski definition) is 4. The van der Waals surface area contributed by atoms with Crippen LogP contribution in [0.25, 0.3) is 0 Å². The fourth-order valence-electron chi connectivity index (χ4n) is 2.49. The van der Waals surface area contributed by atoms with Crippen molar-refractivity contribution in [3.8, 4) is 0 Å². The van der Waals surface area contributed by atoms with Crippen molar-refractivity contribution < 1.29 is 8.42 Å². The molecule has 1 aliphatic heterocycles. The fourth-order valence-corrected chi connectivity index (χ4v) is 4.37. The van der Waals surface area contributed by atoms with Gasteiger partial charge >= 0.3 is 0 Å². The van der Waals surface area contributed by atoms with Gasteiger partial charge in [0.05, 0.1) is 11.3 Å². The predicted molar refractivity (Wildman–Crippen MR) is 68.4 cm³/mol. The van der Waals surface area contributed by atoms with E-state index in [1.165, 1.54) is 0 Å². The normalized spacial score (nSPS) is 23.3. The molecule has 2 aliphatic rings. The molecule has 3 rings (SSSR count). The Bertz CT molecular complexity index is 527. The first-order valence-electron chi connectivity index (χ1n) is 6.37. The van der Waals surface area contributed by atoms with Crippen molar-refractivity contribution in [3.05, 3.63) is 12.3 Å². The van der Waals surface area contributed by atoms with E-state index in [4.69, 9.17) is 5.73 Å². The Morgan fingerprint density at radius 1 is 1.22 bits per heavy atom. The van der Waals surface area contributed by atoms with E-state index in [0.29, 0.717) is 18.9 Å². The van der Waals surface area contributed by atoms with Crippen molar-refractivity contribution in [3.63, 3.8) is 0 Å². The molecule has 0 radical (unpaired) electrons. The molecule has 1 saturated carbocycles. The van der Waals surface area contributed by atoms with Crippen molar-refractivity contribution in [1.82, 2.24) is 14.1 Å². The molecule has 1 saturated heterocycles. The Kier molecular flexibility index (Phi) is 2.82. The molecule has 100 valence electrons. The van der Waals surface area contributed by atoms with E-state index in [0.717, 1.165) is 25.7 Å². The lowest BCUT2D eigenvalue weighted by Crippen LogP contribution is -2.40. The van der Waals surface area contributed by atoms with Gasteiger partial charge in [-0.1, -0.05) is 0 Å². The lowest BCUT2D eigenvalue weighted by atomic mass is 10.1. The number of sulfonamides is 1. The van der Waals surface area contributed by atoms with Gasteiger partial charge in [-0.05, 0) is 31.7 Å². The van der Waals surface area contributed by atoms with Crippen LogP contribution < -0.4 is 5.73 Å². The molecule has 1 aromatic heterocycles. The lowest BCUT2D eigenvalue weighted by molar-refractivity contribution is 0.261. The number of anilines is 1. The highest BCUT2D eigenvalue weighted by molar-refractivity contribution is 7.90. The van der Waals surface area contributed by atoms with Crippen LogP contribution in [-0.2, 0) is 10.0 Å². The molecule has 0 amide bonds. The standard InChI is InChI=1S/C11H18N4O2S/c12-11-5-8-15(13-11)9-3-6-14(7-4-9)18(16,17)10-1-2-10/h5,8-10H,1-4,6-7H2,(H2,12,13). The number of nitrogens with two attached hydrogens (primary N) is 1. The molecule has 2 heterocycles. The summed E-state index contributed by atoms with van der Waals surface area (Å²) in [6, 6.07) is 2.04. The van der Waals surface area contributed by atoms with Gasteiger partial charge in [0, 0.05) is 19.3 Å². The Balaban J connectivity index is 1.64. The molecule has 18 heavy (non-hydrogen) atoms. The van der Waals surface area contributed by atoms with Crippen LogP contribution in [0.15, 0.2) is 12.3 Å². The monoisotopic (exact) mass is 270 g/mol. The van der Waals surface area contributed by atoms with Gasteiger partial charge in [-0.25, -0.2) is 12.7 Å². The fraction of sp³-hybridized carbons (Fsp3) is 0.727. The van der Waals surface area contributed by atoms with Crippen LogP contribution >= 0.6 is 0 Å². The molecule has 2 N–H and O–H groups in total. The largest absolute Gasteiger partial charge is 0.382 e. The minimum Gasteiger partial charge on any atom is -0.382 e. The zero-order valence-electron chi connectivity index (χ0n) is 10.2. The van der Waals surface area contributed by atoms with Crippen LogP contribution in [0.3, 0.4) is 0 Å². The van der Waals surface area contributed by atoms with E-state index in [1.807, 2.05) is 10.9 Å². The van der Waals surface area contributed by atoms with Crippen molar-refractivity contribution in [1.29, 1.82) is 0 Å². The van der Waals surface area contributed by atoms with Crippen LogP contribution in [-0.4, -0.2) is 40.8 Å². The van der Waals surface area contributed by atoms with Crippen LogP contribution in [0.4, 0.5) is 5.82 Å². The first-order valence-corrected chi connectivity index (χ1v) is 7.87. The SMILES string of the molecule is Nc1ccn(C2CCN(S(=O)(=O)C3CC3)CC2)n1. The lowest BCUT2D eigenvalue weighted by Gasteiger charge is -2.31. The van der Waals surface area contributed by atoms with Gasteiger partial charge in [-0.3, -0.25) is 4.68 Å². The second kappa shape index (κ2) is 4.24. The van der Waals surface area contributed by atoms with Crippen LogP contribution in [0.2, 0.25) is 0 Å². The Morgan fingerprint density at radius 2 is 1.89 bits per heavy atom. The van der Waals surface area contributed by atoms with Crippen molar-refractivity contribution in [2.24, 2.45) is 0 Å². The highest BCUT2D eigenvalue weighted by Crippen LogP contribution is 2.33. The number of nitrogen functional groups attached to an aromatic ring is 1. The molecule has 0 unspecified atom stereocenters. The van der Waals surface area contributed by atoms with E-state index in [1.54, 1.807) is 10.4 Å². The summed E-state index contributed by atoms with van der Waals surface area (Å²) in [6.07, 6.45) is 5.15. The van der Waals surface area contributed by atoms with Crippen LogP contribution in [0.5, 0.6) is 0 Å². The maximum atomic E-state index is 12.1. The van der Waals surface area contributed by atoms with Gasteiger partial charge in [-0.15, -0.1) is 0 Å². The molecule has 1 aromatic rings. The maximum absolute atomic E-state index is 12.1. The molecule has 1 aliphatic carbocycles. The third-order valence-corrected chi connectivity index (χ3v) is 6.13. The summed E-state index contributed by atoms with van der Waals surface area (Å²) in [5, 5.41) is 4.09. The smallest absolute Gasteiger partial charge is 0.216 e. The predicted octanol–water partition coefficient (Wildman–Crippen LogP) is 0.594. The zero-order chi connectivity index (χ0) is 12.8. The molecule has 6 nitrogen and oxygen atoms in total. The maximum Gasteiger partial charge on any atom is 0.216 e. The molecular weight excluding hydrogens is 252 g/mol. The summed E-state index contributed by atoms with van der Waals surface area (Å²) in [5.74, 6) is 0.517. The minimum absolute atomic E-state index is 0.102. The van der Waals surface area contributed by atoms with Gasteiger partial charge in [0.25, 0.3) is 0 Å². The summed E-state index contributed by atoms with van der Waals surface area (Å²) in [4.78, 5) is 0. The first kappa shape index (κ1) is 12.0. The molecule has 0 atom stereocenters. The molecular formula is C11H18N4O2S. The van der Waals surface area contributed by atoms with E-state index < -0.39 is 10.0 Å². The third-order valence-electron chi connectivity index (χ3n) is 3.73. The zero-order valence-corrected chi connectivity index (χ0v) is 11.0. The second-order valence-corrected chi connectivity index (χ2v) is 7.31. The highest BCUT2D eigenvalue weighted by atomic mass is 32.2. The summed E-state index contributed by atoms with van der Waals surface area (Å²) < 4.78 is 27.7. The van der Waals surface area contributed by atoms with Crippen LogP contribution in [0.1, 0.15) is 31.7 Å². The number of piperidine rings is 1. The third kappa shape index (κ3) is 2.12. The molecule has 0 aromatic carbocycles. The summed E-state index contributed by atoms with van der Waals surface area (Å²) in [5.41, 5.74) is 5.59. The summed E-state index contributed by atoms with van der Waals surface area (Å²) in [7, 11) is -3.01. The Labute approximate surface area is 107 Å². The topological polar surface area (TPSA) is 81.2 Å². The molecule has 7 heteroatoms. The van der Waals surface area contributed by atoms with E-state index in [2.05, 4.69) is 5.10 Å². The van der Waals surface area contributed by atoms with E-state index >= 15 is 0 Å². The van der Waals surface area contributed by atoms with Gasteiger partial charge < -0.3 is 5.73 Å². The van der Waals surface area contributed by atoms with Crippen molar-refractivity contribution >= 4 is 15.8 Å². The average Bonchev–Trinajstić information content (AvgIpc) is 3.13. The van der Waals surface area contributed by atoms with Crippen LogP contribution in [0, 0.1) is 0 Å². The quantitative estimate of drug-likeness (QED) is 0.871. The van der Waals surface area contributed by atoms with Crippen molar-refractivity contribution in [2.75, 3.05) is 18.8 Å². The minimum atomic E-state index is -3.01. The van der Waals surface area contributed by atoms with E-state index in [9.17, 15) is 8.42 Å². The Morgan fingerprint density at radius 3 is 2.39 bits per heavy atom. The van der Waals surface area contributed by atoms with Gasteiger partial charge in [-0.2, -0.15) is 5.10 Å². The van der Waals surface area contributed by atoms with Gasteiger partial charge in [0.2, 0.25) is 10.0 Å². The van der Waals surface area contributed by atoms with E-state index in [-0.39, 0.29) is 11.3 Å². The molecule has 2 fully saturated rings. The van der Waals surface area contributed by atoms with Crippen molar-refractivity contribution in [2.45, 2.75) is 37.0 Å². The number of nitrogens with zero attached hydrogens (tertiary/aromatic N) is 3. The average molecular weight is 270 g/mol. The second-order valence-electron chi connectivity index (χ2n) is 5.10. The molecule has 0 spiro atoms. The summed E-state index contributed by atoms with van der Waals surface area (Å²) in [6.45, 7) is 1.20. The Hall–Kier alpha value is -1.08. The van der Waals surface area contributed by atoms with Gasteiger partial charge in [0.15, 0.2) is 0 Å². The first-order chi connectivity index (χ1) is 8.57. The highest BCUT2D eigenvalue weighted by Gasteiger charge is 2.41. The van der Waals surface area contributed by atoms with Gasteiger partial charge in [0.1, 0.15) is 5.82 Å². The number of hydrogen-bond donors (Lipinski definition) is 1. The summed E-state index contributed by atoms with van der Waals surface area (Å²) >= 11 is 0. The number of aromatic nitrogens is 2. The number of rotatable bonds is 3. The molecule has 0 bridgehead atoms.